The maximum absolute atomic E-state index is 13.1. The van der Waals surface area contributed by atoms with Crippen molar-refractivity contribution in [3.8, 4) is 0 Å². The van der Waals surface area contributed by atoms with E-state index >= 15 is 0 Å². The van der Waals surface area contributed by atoms with Gasteiger partial charge < -0.3 is 10.2 Å². The normalized spacial score (nSPS) is 16.7. The minimum absolute atomic E-state index is 0.197. The number of carbonyl (C=O) groups is 1. The molecule has 3 aromatic rings. The van der Waals surface area contributed by atoms with Crippen molar-refractivity contribution in [2.75, 3.05) is 29.9 Å². The highest BCUT2D eigenvalue weighted by molar-refractivity contribution is 8.00. The molecule has 1 amide bonds. The summed E-state index contributed by atoms with van der Waals surface area (Å²) in [5.41, 5.74) is 1.52. The number of amides is 1. The molecule has 5 rings (SSSR count). The van der Waals surface area contributed by atoms with Gasteiger partial charge in [0.05, 0.1) is 9.82 Å². The molecule has 2 fully saturated rings. The lowest BCUT2D eigenvalue weighted by Gasteiger charge is -2.40. The summed E-state index contributed by atoms with van der Waals surface area (Å²) in [4.78, 5) is 27.2. The smallest absolute Gasteiger partial charge is 0.293 e. The van der Waals surface area contributed by atoms with E-state index in [0.29, 0.717) is 12.0 Å². The molecular formula is C32H38N4O5S2. The van der Waals surface area contributed by atoms with E-state index in [2.05, 4.69) is 14.9 Å². The average molecular weight is 623 g/mol. The summed E-state index contributed by atoms with van der Waals surface area (Å²) in [5, 5.41) is 15.0. The van der Waals surface area contributed by atoms with Crippen molar-refractivity contribution in [3.63, 3.8) is 0 Å². The van der Waals surface area contributed by atoms with E-state index in [1.165, 1.54) is 50.7 Å². The molecule has 9 nitrogen and oxygen atoms in total. The highest BCUT2D eigenvalue weighted by Gasteiger charge is 2.37. The van der Waals surface area contributed by atoms with Crippen LogP contribution < -0.4 is 14.9 Å². The maximum atomic E-state index is 13.1. The Morgan fingerprint density at radius 1 is 0.977 bits per heavy atom. The Labute approximate surface area is 257 Å². The zero-order valence-corrected chi connectivity index (χ0v) is 26.2. The van der Waals surface area contributed by atoms with Gasteiger partial charge in [-0.15, -0.1) is 11.8 Å². The first-order valence-electron chi connectivity index (χ1n) is 14.6. The van der Waals surface area contributed by atoms with Gasteiger partial charge in [0, 0.05) is 46.6 Å². The number of nitrogens with zero attached hydrogens (tertiary/aromatic N) is 2. The van der Waals surface area contributed by atoms with Gasteiger partial charge in [-0.2, -0.15) is 0 Å². The summed E-state index contributed by atoms with van der Waals surface area (Å²) in [6.45, 7) is 6.38. The zero-order valence-electron chi connectivity index (χ0n) is 24.5. The lowest BCUT2D eigenvalue weighted by Crippen LogP contribution is -2.38. The molecule has 228 valence electrons. The van der Waals surface area contributed by atoms with Crippen LogP contribution in [0.1, 0.15) is 62.7 Å². The summed E-state index contributed by atoms with van der Waals surface area (Å²) in [6, 6.07) is 20.4. The number of carbonyl (C=O) groups excluding carboxylic acids is 1. The van der Waals surface area contributed by atoms with Crippen LogP contribution in [0.5, 0.6) is 0 Å². The van der Waals surface area contributed by atoms with Gasteiger partial charge in [0.15, 0.2) is 0 Å². The predicted octanol–water partition coefficient (Wildman–Crippen LogP) is 6.86. The van der Waals surface area contributed by atoms with E-state index in [9.17, 15) is 23.3 Å². The quantitative estimate of drug-likeness (QED) is 0.143. The Balaban J connectivity index is 1.22. The first-order chi connectivity index (χ1) is 20.5. The number of anilines is 2. The fraction of sp³-hybridized carbons (Fsp3) is 0.406. The van der Waals surface area contributed by atoms with Crippen LogP contribution in [-0.2, 0) is 10.0 Å². The van der Waals surface area contributed by atoms with Crippen molar-refractivity contribution in [1.29, 1.82) is 0 Å². The monoisotopic (exact) mass is 622 g/mol. The fourth-order valence-electron chi connectivity index (χ4n) is 6.06. The number of nitro benzene ring substituents is 1. The molecule has 2 aliphatic rings. The summed E-state index contributed by atoms with van der Waals surface area (Å²) < 4.78 is 27.9. The Kier molecular flexibility index (Phi) is 9.03. The van der Waals surface area contributed by atoms with Crippen LogP contribution in [0, 0.1) is 15.5 Å². The Morgan fingerprint density at radius 3 is 2.26 bits per heavy atom. The first-order valence-corrected chi connectivity index (χ1v) is 16.9. The molecule has 1 spiro atoms. The number of rotatable bonds is 10. The van der Waals surface area contributed by atoms with Crippen LogP contribution in [0.25, 0.3) is 0 Å². The van der Waals surface area contributed by atoms with Crippen molar-refractivity contribution < 1.29 is 18.1 Å². The molecule has 0 atom stereocenters. The largest absolute Gasteiger partial charge is 0.378 e. The number of hydrogen-bond donors (Lipinski definition) is 2. The number of thioether (sulfide) groups is 1. The summed E-state index contributed by atoms with van der Waals surface area (Å²) in [7, 11) is -4.35. The second-order valence-electron chi connectivity index (χ2n) is 12.1. The highest BCUT2D eigenvalue weighted by Crippen LogP contribution is 2.46. The van der Waals surface area contributed by atoms with E-state index in [1.807, 2.05) is 56.3 Å². The molecule has 0 radical (unpaired) electrons. The van der Waals surface area contributed by atoms with Gasteiger partial charge in [-0.3, -0.25) is 14.9 Å². The van der Waals surface area contributed by atoms with E-state index in [0.717, 1.165) is 29.7 Å². The van der Waals surface area contributed by atoms with Crippen LogP contribution >= 0.6 is 11.8 Å². The molecule has 0 bridgehead atoms. The minimum Gasteiger partial charge on any atom is -0.378 e. The molecule has 0 aromatic heterocycles. The van der Waals surface area contributed by atoms with E-state index in [4.69, 9.17) is 0 Å². The van der Waals surface area contributed by atoms with Gasteiger partial charge >= 0.3 is 0 Å². The molecule has 0 unspecified atom stereocenters. The second-order valence-corrected chi connectivity index (χ2v) is 15.6. The van der Waals surface area contributed by atoms with Gasteiger partial charge in [-0.25, -0.2) is 13.1 Å². The van der Waals surface area contributed by atoms with E-state index in [1.54, 1.807) is 23.9 Å². The summed E-state index contributed by atoms with van der Waals surface area (Å²) in [6.07, 6.45) is 7.66. The van der Waals surface area contributed by atoms with Crippen LogP contribution in [-0.4, -0.2) is 43.6 Å². The zero-order chi connectivity index (χ0) is 30.7. The number of nitrogens with one attached hydrogen (secondary N) is 2. The van der Waals surface area contributed by atoms with Crippen molar-refractivity contribution in [1.82, 2.24) is 4.72 Å². The first kappa shape index (κ1) is 30.9. The number of benzene rings is 3. The van der Waals surface area contributed by atoms with E-state index in [-0.39, 0.29) is 26.6 Å². The highest BCUT2D eigenvalue weighted by atomic mass is 32.2. The lowest BCUT2D eigenvalue weighted by atomic mass is 9.77. The lowest BCUT2D eigenvalue weighted by molar-refractivity contribution is -0.384. The van der Waals surface area contributed by atoms with Crippen LogP contribution in [0.2, 0.25) is 0 Å². The Bertz CT molecular complexity index is 1560. The molecule has 1 aliphatic heterocycles. The maximum Gasteiger partial charge on any atom is 0.293 e. The van der Waals surface area contributed by atoms with Gasteiger partial charge in [-0.1, -0.05) is 31.0 Å². The van der Waals surface area contributed by atoms with Gasteiger partial charge in [-0.05, 0) is 93.5 Å². The van der Waals surface area contributed by atoms with Gasteiger partial charge in [0.25, 0.3) is 21.6 Å². The van der Waals surface area contributed by atoms with E-state index < -0.39 is 20.9 Å². The Morgan fingerprint density at radius 2 is 1.63 bits per heavy atom. The van der Waals surface area contributed by atoms with Crippen LogP contribution in [0.15, 0.2) is 82.6 Å². The Hall–Kier alpha value is -3.57. The molecule has 2 N–H and O–H groups in total. The third kappa shape index (κ3) is 7.51. The molecule has 11 heteroatoms. The third-order valence-electron chi connectivity index (χ3n) is 8.53. The molecule has 1 heterocycles. The summed E-state index contributed by atoms with van der Waals surface area (Å²) in [5.74, 6) is -0.792. The molecule has 1 saturated carbocycles. The third-order valence-corrected chi connectivity index (χ3v) is 11.1. The minimum atomic E-state index is -4.35. The van der Waals surface area contributed by atoms with Crippen LogP contribution in [0.3, 0.4) is 0 Å². The van der Waals surface area contributed by atoms with Gasteiger partial charge in [0.1, 0.15) is 5.69 Å². The van der Waals surface area contributed by atoms with Crippen molar-refractivity contribution in [3.05, 3.63) is 88.5 Å². The molecule has 1 aliphatic carbocycles. The number of piperidine rings is 1. The standard InChI is InChI=1S/C32H38N4O5S2/c1-31(2,42-26-8-4-3-5-9-26)23-33-28-15-14-27(22-29(28)36(38)39)43(40,41)34-30(37)24-10-12-25(13-11-24)35-20-18-32(19-21-35)16-6-7-17-32/h3-5,8-15,22,33H,6-7,16-21,23H2,1-2H3,(H,34,37). The second kappa shape index (κ2) is 12.6. The molecule has 3 aromatic carbocycles. The van der Waals surface area contributed by atoms with Crippen molar-refractivity contribution in [2.45, 2.75) is 66.9 Å². The molecule has 43 heavy (non-hydrogen) atoms. The number of sulfonamides is 1. The SMILES string of the molecule is CC(C)(CNc1ccc(S(=O)(=O)NC(=O)c2ccc(N3CCC4(CCCC4)CC3)cc2)cc1[N+](=O)[O-])Sc1ccccc1. The van der Waals surface area contributed by atoms with Gasteiger partial charge in [0.2, 0.25) is 0 Å². The number of hydrogen-bond acceptors (Lipinski definition) is 8. The van der Waals surface area contributed by atoms with Crippen LogP contribution in [0.4, 0.5) is 17.1 Å². The van der Waals surface area contributed by atoms with Crippen molar-refractivity contribution in [2.24, 2.45) is 5.41 Å². The number of nitro groups is 1. The molecular weight excluding hydrogens is 585 g/mol. The fourth-order valence-corrected chi connectivity index (χ4v) is 8.13. The molecule has 1 saturated heterocycles. The predicted molar refractivity (Wildman–Crippen MR) is 171 cm³/mol. The van der Waals surface area contributed by atoms with Crippen molar-refractivity contribution >= 4 is 44.8 Å². The summed E-state index contributed by atoms with van der Waals surface area (Å²) >= 11 is 1.63. The average Bonchev–Trinajstić information content (AvgIpc) is 3.44. The topological polar surface area (TPSA) is 122 Å².